The fourth-order valence-corrected chi connectivity index (χ4v) is 3.51. The summed E-state index contributed by atoms with van der Waals surface area (Å²) in [6, 6.07) is 7.02. The van der Waals surface area contributed by atoms with Crippen molar-refractivity contribution in [3.63, 3.8) is 0 Å². The molecule has 0 aliphatic heterocycles. The Morgan fingerprint density at radius 2 is 1.96 bits per heavy atom. The minimum atomic E-state index is -3.39. The number of sulfonamides is 1. The Balaban J connectivity index is 1.78. The van der Waals surface area contributed by atoms with Gasteiger partial charge in [0, 0.05) is 39.4 Å². The molecular weight excluding hydrogens is 340 g/mol. The van der Waals surface area contributed by atoms with E-state index in [9.17, 15) is 8.42 Å². The highest BCUT2D eigenvalue weighted by Gasteiger charge is 2.27. The monoisotopic (exact) mass is 368 g/mol. The Bertz CT molecular complexity index is 655. The first kappa shape index (κ1) is 19.7. The molecule has 1 aromatic carbocycles. The van der Waals surface area contributed by atoms with Crippen LogP contribution in [0.3, 0.4) is 0 Å². The van der Waals surface area contributed by atoms with Gasteiger partial charge in [0.1, 0.15) is 0 Å². The van der Waals surface area contributed by atoms with Gasteiger partial charge in [-0.25, -0.2) is 13.1 Å². The van der Waals surface area contributed by atoms with E-state index in [1.807, 2.05) is 19.1 Å². The lowest BCUT2D eigenvalue weighted by Gasteiger charge is -2.12. The molecule has 0 bridgehead atoms. The zero-order chi connectivity index (χ0) is 18.1. The average Bonchev–Trinajstić information content (AvgIpc) is 3.41. The first-order chi connectivity index (χ1) is 12.0. The number of nitrogens with zero attached hydrogens (tertiary/aromatic N) is 1. The smallest absolute Gasteiger partial charge is 0.240 e. The Morgan fingerprint density at radius 3 is 2.56 bits per heavy atom. The summed E-state index contributed by atoms with van der Waals surface area (Å²) in [7, 11) is -1.67. The predicted octanol–water partition coefficient (Wildman–Crippen LogP) is 1.22. The van der Waals surface area contributed by atoms with Crippen molar-refractivity contribution in [3.8, 4) is 0 Å². The third kappa shape index (κ3) is 7.01. The van der Waals surface area contributed by atoms with Crippen molar-refractivity contribution in [2.75, 3.05) is 26.8 Å². The van der Waals surface area contributed by atoms with E-state index in [1.165, 1.54) is 0 Å². The maximum absolute atomic E-state index is 12.1. The molecule has 7 nitrogen and oxygen atoms in total. The van der Waals surface area contributed by atoms with Gasteiger partial charge in [-0.05, 0) is 43.9 Å². The first-order valence-electron chi connectivity index (χ1n) is 8.68. The summed E-state index contributed by atoms with van der Waals surface area (Å²) in [5.74, 6) is 0.712. The molecule has 0 unspecified atom stereocenters. The van der Waals surface area contributed by atoms with Gasteiger partial charge in [0.15, 0.2) is 5.96 Å². The number of hydrogen-bond donors (Lipinski definition) is 3. The van der Waals surface area contributed by atoms with Crippen molar-refractivity contribution in [1.82, 2.24) is 15.4 Å². The molecular formula is C17H28N4O3S. The minimum absolute atomic E-state index is 0.114. The standard InChI is InChI=1S/C17H28N4O3S/c1-3-24-12-4-11-19-17(18-2)20-13-14-5-9-16(10-6-14)25(22,23)21-15-7-8-15/h5-6,9-10,15,21H,3-4,7-8,11-13H2,1-2H3,(H2,18,19,20). The van der Waals surface area contributed by atoms with Crippen molar-refractivity contribution >= 4 is 16.0 Å². The molecule has 0 heterocycles. The van der Waals surface area contributed by atoms with E-state index in [4.69, 9.17) is 4.74 Å². The van der Waals surface area contributed by atoms with E-state index < -0.39 is 10.0 Å². The zero-order valence-corrected chi connectivity index (χ0v) is 15.7. The summed E-state index contributed by atoms with van der Waals surface area (Å²) < 4.78 is 32.2. The Kier molecular flexibility index (Phi) is 7.67. The van der Waals surface area contributed by atoms with Crippen molar-refractivity contribution in [3.05, 3.63) is 29.8 Å². The number of benzene rings is 1. The molecule has 1 aliphatic rings. The second kappa shape index (κ2) is 9.74. The van der Waals surface area contributed by atoms with Crippen LogP contribution >= 0.6 is 0 Å². The summed E-state index contributed by atoms with van der Waals surface area (Å²) in [6.07, 6.45) is 2.77. The van der Waals surface area contributed by atoms with Crippen LogP contribution in [0.4, 0.5) is 0 Å². The van der Waals surface area contributed by atoms with Crippen LogP contribution in [0.25, 0.3) is 0 Å². The molecule has 25 heavy (non-hydrogen) atoms. The number of guanidine groups is 1. The fourth-order valence-electron chi connectivity index (χ4n) is 2.21. The van der Waals surface area contributed by atoms with Crippen LogP contribution in [0.5, 0.6) is 0 Å². The lowest BCUT2D eigenvalue weighted by atomic mass is 10.2. The third-order valence-corrected chi connectivity index (χ3v) is 5.31. The zero-order valence-electron chi connectivity index (χ0n) is 14.9. The van der Waals surface area contributed by atoms with E-state index in [1.54, 1.807) is 19.2 Å². The molecule has 0 saturated heterocycles. The number of hydrogen-bond acceptors (Lipinski definition) is 4. The number of ether oxygens (including phenoxy) is 1. The van der Waals surface area contributed by atoms with E-state index in [-0.39, 0.29) is 6.04 Å². The van der Waals surface area contributed by atoms with Crippen molar-refractivity contribution < 1.29 is 13.2 Å². The Hall–Kier alpha value is -1.64. The molecule has 0 radical (unpaired) electrons. The fraction of sp³-hybridized carbons (Fsp3) is 0.588. The molecule has 0 aromatic heterocycles. The van der Waals surface area contributed by atoms with Crippen LogP contribution in [0.1, 0.15) is 31.7 Å². The molecule has 0 atom stereocenters. The van der Waals surface area contributed by atoms with Gasteiger partial charge in [-0.3, -0.25) is 4.99 Å². The summed E-state index contributed by atoms with van der Waals surface area (Å²) in [5.41, 5.74) is 0.989. The minimum Gasteiger partial charge on any atom is -0.382 e. The highest BCUT2D eigenvalue weighted by atomic mass is 32.2. The molecule has 1 aliphatic carbocycles. The van der Waals surface area contributed by atoms with Gasteiger partial charge in [0.25, 0.3) is 0 Å². The normalized spacial score (nSPS) is 15.2. The average molecular weight is 369 g/mol. The Labute approximate surface area is 150 Å². The van der Waals surface area contributed by atoms with Crippen LogP contribution in [-0.4, -0.2) is 47.2 Å². The number of aliphatic imine (C=N–C) groups is 1. The maximum atomic E-state index is 12.1. The second-order valence-corrected chi connectivity index (χ2v) is 7.66. The van der Waals surface area contributed by atoms with Crippen LogP contribution < -0.4 is 15.4 Å². The van der Waals surface area contributed by atoms with Crippen LogP contribution in [0.15, 0.2) is 34.2 Å². The molecule has 3 N–H and O–H groups in total. The maximum Gasteiger partial charge on any atom is 0.240 e. The van der Waals surface area contributed by atoms with Gasteiger partial charge in [-0.2, -0.15) is 0 Å². The van der Waals surface area contributed by atoms with Gasteiger partial charge < -0.3 is 15.4 Å². The number of nitrogens with one attached hydrogen (secondary N) is 3. The molecule has 1 saturated carbocycles. The largest absolute Gasteiger partial charge is 0.382 e. The van der Waals surface area contributed by atoms with Gasteiger partial charge in [-0.15, -0.1) is 0 Å². The first-order valence-corrected chi connectivity index (χ1v) is 10.2. The molecule has 0 spiro atoms. The molecule has 8 heteroatoms. The van der Waals surface area contributed by atoms with Gasteiger partial charge in [0.2, 0.25) is 10.0 Å². The van der Waals surface area contributed by atoms with Crippen LogP contribution in [0.2, 0.25) is 0 Å². The lowest BCUT2D eigenvalue weighted by Crippen LogP contribution is -2.37. The highest BCUT2D eigenvalue weighted by molar-refractivity contribution is 7.89. The summed E-state index contributed by atoms with van der Waals surface area (Å²) in [4.78, 5) is 4.47. The van der Waals surface area contributed by atoms with E-state index in [0.29, 0.717) is 17.4 Å². The molecule has 1 aromatic rings. The highest BCUT2D eigenvalue weighted by Crippen LogP contribution is 2.22. The van der Waals surface area contributed by atoms with E-state index in [0.717, 1.165) is 44.6 Å². The van der Waals surface area contributed by atoms with E-state index >= 15 is 0 Å². The molecule has 0 amide bonds. The molecule has 140 valence electrons. The molecule has 2 rings (SSSR count). The van der Waals surface area contributed by atoms with Crippen molar-refractivity contribution in [2.45, 2.75) is 43.7 Å². The van der Waals surface area contributed by atoms with Crippen LogP contribution in [0, 0.1) is 0 Å². The lowest BCUT2D eigenvalue weighted by molar-refractivity contribution is 0.145. The summed E-state index contributed by atoms with van der Waals surface area (Å²) in [6.45, 7) is 4.79. The number of rotatable bonds is 10. The second-order valence-electron chi connectivity index (χ2n) is 5.94. The van der Waals surface area contributed by atoms with Gasteiger partial charge in [0.05, 0.1) is 4.90 Å². The topological polar surface area (TPSA) is 91.8 Å². The Morgan fingerprint density at radius 1 is 1.24 bits per heavy atom. The van der Waals surface area contributed by atoms with Crippen LogP contribution in [-0.2, 0) is 21.3 Å². The third-order valence-electron chi connectivity index (χ3n) is 3.78. The quantitative estimate of drug-likeness (QED) is 0.328. The summed E-state index contributed by atoms with van der Waals surface area (Å²) in [5, 5.41) is 6.43. The van der Waals surface area contributed by atoms with Crippen molar-refractivity contribution in [1.29, 1.82) is 0 Å². The SMILES string of the molecule is CCOCCCNC(=NC)NCc1ccc(S(=O)(=O)NC2CC2)cc1. The van der Waals surface area contributed by atoms with E-state index in [2.05, 4.69) is 20.3 Å². The van der Waals surface area contributed by atoms with Gasteiger partial charge >= 0.3 is 0 Å². The van der Waals surface area contributed by atoms with Gasteiger partial charge in [-0.1, -0.05) is 12.1 Å². The predicted molar refractivity (Wildman–Crippen MR) is 99.1 cm³/mol. The van der Waals surface area contributed by atoms with Crippen molar-refractivity contribution in [2.24, 2.45) is 4.99 Å². The molecule has 1 fully saturated rings. The summed E-state index contributed by atoms with van der Waals surface area (Å²) >= 11 is 0.